The van der Waals surface area contributed by atoms with E-state index in [-0.39, 0.29) is 5.91 Å². The average Bonchev–Trinajstić information content (AvgIpc) is 3.38. The zero-order chi connectivity index (χ0) is 20.5. The third kappa shape index (κ3) is 3.45. The van der Waals surface area contributed by atoms with Crippen molar-refractivity contribution in [1.29, 1.82) is 0 Å². The monoisotopic (exact) mass is 401 g/mol. The first-order valence-corrected chi connectivity index (χ1v) is 10.2. The number of hydrogen-bond donors (Lipinski definition) is 1. The Morgan fingerprint density at radius 3 is 3.00 bits per heavy atom. The van der Waals surface area contributed by atoms with Crippen LogP contribution in [0.15, 0.2) is 43.1 Å². The highest BCUT2D eigenvalue weighted by Gasteiger charge is 2.21. The van der Waals surface area contributed by atoms with Gasteiger partial charge in [-0.1, -0.05) is 6.07 Å². The van der Waals surface area contributed by atoms with Gasteiger partial charge in [-0.3, -0.25) is 14.9 Å². The molecule has 1 aliphatic carbocycles. The van der Waals surface area contributed by atoms with Crippen molar-refractivity contribution in [1.82, 2.24) is 34.6 Å². The lowest BCUT2D eigenvalue weighted by molar-refractivity contribution is 0.0783. The number of H-pyrrole nitrogens is 1. The van der Waals surface area contributed by atoms with Crippen LogP contribution in [-0.2, 0) is 25.9 Å². The molecule has 1 amide bonds. The molecule has 4 aromatic heterocycles. The second kappa shape index (κ2) is 7.70. The van der Waals surface area contributed by atoms with Crippen molar-refractivity contribution in [3.63, 3.8) is 0 Å². The molecule has 0 bridgehead atoms. The lowest BCUT2D eigenvalue weighted by Gasteiger charge is -2.18. The molecular formula is C22H23N7O. The van der Waals surface area contributed by atoms with Gasteiger partial charge in [0.25, 0.3) is 5.91 Å². The first kappa shape index (κ1) is 18.5. The highest BCUT2D eigenvalue weighted by atomic mass is 16.2. The molecule has 1 N–H and O–H groups in total. The number of nitrogens with zero attached hydrogens (tertiary/aromatic N) is 6. The maximum Gasteiger partial charge on any atom is 0.255 e. The molecule has 0 fully saturated rings. The van der Waals surface area contributed by atoms with E-state index in [1.165, 1.54) is 24.1 Å². The van der Waals surface area contributed by atoms with Crippen LogP contribution < -0.4 is 0 Å². The summed E-state index contributed by atoms with van der Waals surface area (Å²) in [6, 6.07) is 5.73. The van der Waals surface area contributed by atoms with Crippen molar-refractivity contribution in [3.8, 4) is 0 Å². The summed E-state index contributed by atoms with van der Waals surface area (Å²) in [6.07, 6.45) is 11.4. The van der Waals surface area contributed by atoms with Gasteiger partial charge in [-0.2, -0.15) is 5.10 Å². The van der Waals surface area contributed by atoms with Gasteiger partial charge in [-0.05, 0) is 48.9 Å². The summed E-state index contributed by atoms with van der Waals surface area (Å²) in [4.78, 5) is 27.8. The molecule has 8 nitrogen and oxygen atoms in total. The number of pyridine rings is 2. The Morgan fingerprint density at radius 1 is 1.23 bits per heavy atom. The molecule has 0 aromatic carbocycles. The smallest absolute Gasteiger partial charge is 0.255 e. The van der Waals surface area contributed by atoms with E-state index in [0.29, 0.717) is 24.2 Å². The number of nitrogens with one attached hydrogen (secondary N) is 1. The summed E-state index contributed by atoms with van der Waals surface area (Å²) >= 11 is 0. The largest absolute Gasteiger partial charge is 0.336 e. The number of aromatic nitrogens is 6. The zero-order valence-corrected chi connectivity index (χ0v) is 16.9. The van der Waals surface area contributed by atoms with Crippen LogP contribution in [0.3, 0.4) is 0 Å². The van der Waals surface area contributed by atoms with Gasteiger partial charge in [0.15, 0.2) is 5.65 Å². The van der Waals surface area contributed by atoms with E-state index >= 15 is 0 Å². The predicted octanol–water partition coefficient (Wildman–Crippen LogP) is 2.75. The first-order valence-electron chi connectivity index (χ1n) is 10.2. The van der Waals surface area contributed by atoms with Gasteiger partial charge in [-0.15, -0.1) is 0 Å². The minimum atomic E-state index is -0.0845. The van der Waals surface area contributed by atoms with Crippen LogP contribution in [0.1, 0.15) is 45.7 Å². The Labute approximate surface area is 174 Å². The van der Waals surface area contributed by atoms with Gasteiger partial charge in [-0.25, -0.2) is 9.97 Å². The van der Waals surface area contributed by atoms with Crippen LogP contribution in [0.4, 0.5) is 0 Å². The van der Waals surface area contributed by atoms with Crippen molar-refractivity contribution in [2.75, 3.05) is 7.05 Å². The number of aromatic amines is 1. The van der Waals surface area contributed by atoms with E-state index in [1.807, 2.05) is 22.9 Å². The fourth-order valence-corrected chi connectivity index (χ4v) is 4.07. The van der Waals surface area contributed by atoms with Crippen molar-refractivity contribution < 1.29 is 4.79 Å². The normalized spacial score (nSPS) is 13.4. The van der Waals surface area contributed by atoms with Gasteiger partial charge in [0.05, 0.1) is 30.7 Å². The Hall–Kier alpha value is -3.55. The maximum absolute atomic E-state index is 13.0. The Bertz CT molecular complexity index is 1190. The van der Waals surface area contributed by atoms with Crippen LogP contribution in [0.25, 0.3) is 11.2 Å². The summed E-state index contributed by atoms with van der Waals surface area (Å²) in [5.74, 6) is -0.0845. The van der Waals surface area contributed by atoms with Gasteiger partial charge in [0, 0.05) is 31.3 Å². The second-order valence-corrected chi connectivity index (χ2v) is 7.80. The van der Waals surface area contributed by atoms with Gasteiger partial charge < -0.3 is 9.47 Å². The number of aryl methyl sites for hydroxylation is 1. The number of carbonyl (C=O) groups excluding carboxylic acids is 1. The summed E-state index contributed by atoms with van der Waals surface area (Å²) in [5.41, 5.74) is 6.52. The highest BCUT2D eigenvalue weighted by molar-refractivity contribution is 5.96. The average molecular weight is 401 g/mol. The van der Waals surface area contributed by atoms with Crippen molar-refractivity contribution in [2.45, 2.75) is 38.8 Å². The maximum atomic E-state index is 13.0. The third-order valence-electron chi connectivity index (χ3n) is 5.65. The molecule has 0 saturated carbocycles. The van der Waals surface area contributed by atoms with Crippen LogP contribution in [0.5, 0.6) is 0 Å². The molecule has 4 aromatic rings. The van der Waals surface area contributed by atoms with Crippen LogP contribution in [-0.4, -0.2) is 47.6 Å². The molecule has 5 rings (SSSR count). The predicted molar refractivity (Wildman–Crippen MR) is 112 cm³/mol. The number of imidazole rings is 1. The van der Waals surface area contributed by atoms with E-state index in [2.05, 4.69) is 25.1 Å². The zero-order valence-electron chi connectivity index (χ0n) is 16.9. The van der Waals surface area contributed by atoms with Crippen LogP contribution in [0, 0.1) is 0 Å². The Morgan fingerprint density at radius 2 is 2.13 bits per heavy atom. The molecule has 0 spiro atoms. The van der Waals surface area contributed by atoms with Crippen molar-refractivity contribution >= 4 is 17.1 Å². The minimum absolute atomic E-state index is 0.0845. The molecule has 1 aliphatic rings. The summed E-state index contributed by atoms with van der Waals surface area (Å²) in [6.45, 7) is 1.12. The fraction of sp³-hybridized carbons (Fsp3) is 0.318. The number of carbonyl (C=O) groups is 1. The van der Waals surface area contributed by atoms with E-state index in [0.717, 1.165) is 29.7 Å². The van der Waals surface area contributed by atoms with Gasteiger partial charge in [0.1, 0.15) is 5.52 Å². The third-order valence-corrected chi connectivity index (χ3v) is 5.65. The topological polar surface area (TPSA) is 92.6 Å². The molecule has 0 radical (unpaired) electrons. The first-order chi connectivity index (χ1) is 14.7. The van der Waals surface area contributed by atoms with Crippen LogP contribution >= 0.6 is 0 Å². The molecular weight excluding hydrogens is 378 g/mol. The Balaban J connectivity index is 1.34. The number of rotatable bonds is 5. The molecule has 4 heterocycles. The number of hydrogen-bond acceptors (Lipinski definition) is 5. The molecule has 30 heavy (non-hydrogen) atoms. The fourth-order valence-electron chi connectivity index (χ4n) is 4.07. The summed E-state index contributed by atoms with van der Waals surface area (Å²) in [7, 11) is 1.80. The summed E-state index contributed by atoms with van der Waals surface area (Å²) < 4.78 is 1.96. The Kier molecular flexibility index (Phi) is 4.74. The second-order valence-electron chi connectivity index (χ2n) is 7.80. The van der Waals surface area contributed by atoms with E-state index in [1.54, 1.807) is 36.7 Å². The van der Waals surface area contributed by atoms with Crippen molar-refractivity contribution in [2.24, 2.45) is 0 Å². The highest BCUT2D eigenvalue weighted by Crippen LogP contribution is 2.23. The van der Waals surface area contributed by atoms with E-state index in [4.69, 9.17) is 0 Å². The quantitative estimate of drug-likeness (QED) is 0.555. The molecule has 0 atom stereocenters. The number of fused-ring (bicyclic) bond motifs is 2. The minimum Gasteiger partial charge on any atom is -0.336 e. The SMILES string of the molecule is CN(Cc1n[nH]c2c1CCCC2)C(=O)c1cnc2c(c1)ncn2Cc1cccnc1. The van der Waals surface area contributed by atoms with Crippen LogP contribution in [0.2, 0.25) is 0 Å². The lowest BCUT2D eigenvalue weighted by atomic mass is 9.96. The molecule has 0 unspecified atom stereocenters. The molecule has 0 aliphatic heterocycles. The molecule has 152 valence electrons. The summed E-state index contributed by atoms with van der Waals surface area (Å²) in [5, 5.41) is 7.59. The van der Waals surface area contributed by atoms with E-state index < -0.39 is 0 Å². The van der Waals surface area contributed by atoms with Crippen molar-refractivity contribution in [3.05, 3.63) is 71.2 Å². The number of amides is 1. The molecule has 8 heteroatoms. The van der Waals surface area contributed by atoms with E-state index in [9.17, 15) is 4.79 Å². The van der Waals surface area contributed by atoms with Gasteiger partial charge >= 0.3 is 0 Å². The lowest BCUT2D eigenvalue weighted by Crippen LogP contribution is -2.27. The van der Waals surface area contributed by atoms with Gasteiger partial charge in [0.2, 0.25) is 0 Å². The standard InChI is InChI=1S/C22H23N7O/c1-28(13-20-17-6-2-3-7-18(17)26-27-20)22(30)16-9-19-21(24-11-16)29(14-25-19)12-15-5-4-8-23-10-15/h4-5,8-11,14H,2-3,6-7,12-13H2,1H3,(H,26,27). The molecule has 0 saturated heterocycles.